The van der Waals surface area contributed by atoms with Crippen LogP contribution >= 0.6 is 12.4 Å². The maximum atomic E-state index is 13.9. The smallest absolute Gasteiger partial charge is 0.245 e. The third-order valence-electron chi connectivity index (χ3n) is 6.71. The highest BCUT2D eigenvalue weighted by atomic mass is 35.5. The third kappa shape index (κ3) is 2.70. The van der Waals surface area contributed by atoms with Crippen molar-refractivity contribution in [3.05, 3.63) is 47.5 Å². The second-order valence-electron chi connectivity index (χ2n) is 8.31. The molecule has 158 valence electrons. The van der Waals surface area contributed by atoms with Crippen LogP contribution < -0.4 is 24.4 Å². The van der Waals surface area contributed by atoms with Gasteiger partial charge in [-0.1, -0.05) is 18.2 Å². The predicted octanol–water partition coefficient (Wildman–Crippen LogP) is 2.90. The average molecular weight is 429 g/mol. The van der Waals surface area contributed by atoms with E-state index in [4.69, 9.17) is 14.2 Å². The van der Waals surface area contributed by atoms with Gasteiger partial charge in [0.15, 0.2) is 11.5 Å². The highest BCUT2D eigenvalue weighted by Crippen LogP contribution is 2.54. The number of carbonyl (C=O) groups is 1. The van der Waals surface area contributed by atoms with Crippen molar-refractivity contribution in [1.29, 1.82) is 0 Å². The zero-order chi connectivity index (χ0) is 19.4. The van der Waals surface area contributed by atoms with Gasteiger partial charge in [-0.15, -0.1) is 12.4 Å². The third-order valence-corrected chi connectivity index (χ3v) is 6.71. The van der Waals surface area contributed by atoms with Crippen molar-refractivity contribution in [1.82, 2.24) is 5.32 Å². The normalized spacial score (nSPS) is 24.3. The van der Waals surface area contributed by atoms with E-state index in [1.165, 1.54) is 0 Å². The molecule has 30 heavy (non-hydrogen) atoms. The first-order valence-corrected chi connectivity index (χ1v) is 10.5. The number of piperidine rings is 1. The van der Waals surface area contributed by atoms with Crippen LogP contribution in [0.3, 0.4) is 0 Å². The van der Waals surface area contributed by atoms with Gasteiger partial charge in [0.05, 0.1) is 0 Å². The van der Waals surface area contributed by atoms with Crippen molar-refractivity contribution in [2.45, 2.75) is 18.3 Å². The summed E-state index contributed by atoms with van der Waals surface area (Å²) in [6.07, 6.45) is 2.20. The second kappa shape index (κ2) is 7.36. The number of anilines is 1. The van der Waals surface area contributed by atoms with E-state index in [1.54, 1.807) is 0 Å². The minimum atomic E-state index is -0.797. The minimum absolute atomic E-state index is 0. The summed E-state index contributed by atoms with van der Waals surface area (Å²) in [6, 6.07) is 12.0. The summed E-state index contributed by atoms with van der Waals surface area (Å²) >= 11 is 0. The van der Waals surface area contributed by atoms with Crippen LogP contribution in [-0.2, 0) is 10.2 Å². The molecule has 0 aromatic heterocycles. The fraction of sp³-hybridized carbons (Fsp3) is 0.435. The molecule has 0 bridgehead atoms. The van der Waals surface area contributed by atoms with Gasteiger partial charge in [0.25, 0.3) is 0 Å². The van der Waals surface area contributed by atoms with Gasteiger partial charge in [0.1, 0.15) is 31.0 Å². The van der Waals surface area contributed by atoms with Crippen LogP contribution in [0, 0.1) is 5.92 Å². The molecular weight excluding hydrogens is 404 g/mol. The first kappa shape index (κ1) is 19.5. The molecule has 0 radical (unpaired) electrons. The molecule has 6 nitrogen and oxygen atoms in total. The van der Waals surface area contributed by atoms with Crippen molar-refractivity contribution < 1.29 is 19.0 Å². The van der Waals surface area contributed by atoms with Crippen LogP contribution in [0.25, 0.3) is 0 Å². The number of hydrogen-bond acceptors (Lipinski definition) is 5. The van der Waals surface area contributed by atoms with Crippen molar-refractivity contribution >= 4 is 24.0 Å². The molecule has 2 aromatic carbocycles. The largest absolute Gasteiger partial charge is 0.491 e. The van der Waals surface area contributed by atoms with Crippen LogP contribution in [0.15, 0.2) is 36.4 Å². The Hall–Kier alpha value is -2.44. The lowest BCUT2D eigenvalue weighted by atomic mass is 9.77. The predicted molar refractivity (Wildman–Crippen MR) is 115 cm³/mol. The van der Waals surface area contributed by atoms with Crippen LogP contribution in [0.5, 0.6) is 17.2 Å². The zero-order valence-corrected chi connectivity index (χ0v) is 17.5. The summed E-state index contributed by atoms with van der Waals surface area (Å²) < 4.78 is 17.6. The number of para-hydroxylation sites is 1. The van der Waals surface area contributed by atoms with E-state index >= 15 is 0 Å². The number of ether oxygens (including phenoxy) is 3. The fourth-order valence-corrected chi connectivity index (χ4v) is 5.22. The van der Waals surface area contributed by atoms with Crippen LogP contribution in [0.1, 0.15) is 24.0 Å². The molecular formula is C23H25ClN2O4. The first-order valence-electron chi connectivity index (χ1n) is 10.5. The van der Waals surface area contributed by atoms with Crippen molar-refractivity contribution in [2.24, 2.45) is 5.92 Å². The first-order chi connectivity index (χ1) is 14.3. The van der Waals surface area contributed by atoms with Crippen LogP contribution in [0.2, 0.25) is 0 Å². The van der Waals surface area contributed by atoms with Gasteiger partial charge in [-0.25, -0.2) is 0 Å². The Balaban J connectivity index is 0.00000193. The van der Waals surface area contributed by atoms with Gasteiger partial charge in [0.2, 0.25) is 5.91 Å². The lowest BCUT2D eigenvalue weighted by Crippen LogP contribution is -2.45. The monoisotopic (exact) mass is 428 g/mol. The SMILES string of the molecule is Cl.O=C1N(CC2CCNCC2)c2ccccc2C12COc1cc3c(cc12)OCCO3. The fourth-order valence-electron chi connectivity index (χ4n) is 5.22. The summed E-state index contributed by atoms with van der Waals surface area (Å²) in [5.41, 5.74) is 2.15. The van der Waals surface area contributed by atoms with Gasteiger partial charge < -0.3 is 24.4 Å². The Morgan fingerprint density at radius 1 is 0.967 bits per heavy atom. The molecule has 4 heterocycles. The Bertz CT molecular complexity index is 991. The number of nitrogens with one attached hydrogen (secondary N) is 1. The number of carbonyl (C=O) groups excluding carboxylic acids is 1. The Morgan fingerprint density at radius 3 is 2.50 bits per heavy atom. The summed E-state index contributed by atoms with van der Waals surface area (Å²) in [5.74, 6) is 2.75. The summed E-state index contributed by atoms with van der Waals surface area (Å²) in [4.78, 5) is 15.9. The number of rotatable bonds is 2. The highest BCUT2D eigenvalue weighted by molar-refractivity contribution is 6.11. The minimum Gasteiger partial charge on any atom is -0.491 e. The molecule has 7 heteroatoms. The zero-order valence-electron chi connectivity index (χ0n) is 16.7. The van der Waals surface area contributed by atoms with E-state index in [1.807, 2.05) is 29.2 Å². The van der Waals surface area contributed by atoms with E-state index in [2.05, 4.69) is 17.4 Å². The quantitative estimate of drug-likeness (QED) is 0.797. The molecule has 4 aliphatic rings. The van der Waals surface area contributed by atoms with Gasteiger partial charge in [-0.05, 0) is 49.5 Å². The van der Waals surface area contributed by atoms with Crippen molar-refractivity contribution in [3.63, 3.8) is 0 Å². The van der Waals surface area contributed by atoms with E-state index in [0.29, 0.717) is 37.2 Å². The summed E-state index contributed by atoms with van der Waals surface area (Å²) in [6.45, 7) is 4.18. The van der Waals surface area contributed by atoms with E-state index < -0.39 is 5.41 Å². The number of fused-ring (bicyclic) bond motifs is 5. The Labute approximate surface area is 181 Å². The van der Waals surface area contributed by atoms with Gasteiger partial charge in [-0.2, -0.15) is 0 Å². The highest BCUT2D eigenvalue weighted by Gasteiger charge is 2.57. The van der Waals surface area contributed by atoms with Gasteiger partial charge in [0, 0.05) is 23.9 Å². The van der Waals surface area contributed by atoms with Crippen LogP contribution in [0.4, 0.5) is 5.69 Å². The number of halogens is 1. The van der Waals surface area contributed by atoms with Crippen LogP contribution in [-0.4, -0.2) is 45.4 Å². The van der Waals surface area contributed by atoms with Gasteiger partial charge in [-0.3, -0.25) is 4.79 Å². The Morgan fingerprint density at radius 2 is 1.70 bits per heavy atom. The maximum Gasteiger partial charge on any atom is 0.245 e. The molecule has 0 saturated carbocycles. The molecule has 1 atom stereocenters. The Kier molecular flexibility index (Phi) is 4.79. The molecule has 1 unspecified atom stereocenters. The number of hydrogen-bond donors (Lipinski definition) is 1. The summed E-state index contributed by atoms with van der Waals surface area (Å²) in [5, 5.41) is 3.41. The molecule has 0 aliphatic carbocycles. The molecule has 2 aromatic rings. The van der Waals surface area contributed by atoms with Gasteiger partial charge >= 0.3 is 0 Å². The van der Waals surface area contributed by atoms with E-state index in [-0.39, 0.29) is 18.3 Å². The van der Waals surface area contributed by atoms with E-state index in [0.717, 1.165) is 55.0 Å². The molecule has 1 saturated heterocycles. The number of amides is 1. The summed E-state index contributed by atoms with van der Waals surface area (Å²) in [7, 11) is 0. The molecule has 1 N–H and O–H groups in total. The molecule has 1 spiro atoms. The molecule has 6 rings (SSSR count). The standard InChI is InChI=1S/C23H24N2O4.ClH/c26-22-23(14-29-19-12-21-20(11-17(19)23)27-9-10-28-21)16-3-1-2-4-18(16)25(22)13-15-5-7-24-8-6-15;/h1-4,11-12,15,24H,5-10,13-14H2;1H. The number of benzene rings is 2. The number of nitrogens with zero attached hydrogens (tertiary/aromatic N) is 1. The lowest BCUT2D eigenvalue weighted by Gasteiger charge is -2.29. The average Bonchev–Trinajstić information content (AvgIpc) is 3.25. The molecule has 1 amide bonds. The van der Waals surface area contributed by atoms with E-state index in [9.17, 15) is 4.79 Å². The molecule has 1 fully saturated rings. The topological polar surface area (TPSA) is 60.0 Å². The van der Waals surface area contributed by atoms with Crippen molar-refractivity contribution in [3.8, 4) is 17.2 Å². The van der Waals surface area contributed by atoms with Crippen molar-refractivity contribution in [2.75, 3.05) is 44.4 Å². The lowest BCUT2D eigenvalue weighted by molar-refractivity contribution is -0.122. The second-order valence-corrected chi connectivity index (χ2v) is 8.31. The molecule has 4 aliphatic heterocycles. The maximum absolute atomic E-state index is 13.9.